The molecule has 0 N–H and O–H groups in total. The SMILES string of the molecule is CCC(c1nc(CCl)cs1)N1CCN(C(C)=O)CC1. The molecule has 0 bridgehead atoms. The lowest BCUT2D eigenvalue weighted by molar-refractivity contribution is -0.130. The van der Waals surface area contributed by atoms with Crippen LogP contribution in [-0.2, 0) is 10.7 Å². The molecule has 0 saturated carbocycles. The minimum absolute atomic E-state index is 0.173. The van der Waals surface area contributed by atoms with E-state index in [1.54, 1.807) is 18.3 Å². The Kier molecular flexibility index (Phi) is 5.19. The van der Waals surface area contributed by atoms with E-state index in [1.807, 2.05) is 10.3 Å². The molecule has 1 aromatic rings. The van der Waals surface area contributed by atoms with Gasteiger partial charge in [-0.2, -0.15) is 0 Å². The third kappa shape index (κ3) is 3.46. The molecule has 1 saturated heterocycles. The fraction of sp³-hybridized carbons (Fsp3) is 0.692. The molecular formula is C13H20ClN3OS. The maximum Gasteiger partial charge on any atom is 0.219 e. The van der Waals surface area contributed by atoms with Gasteiger partial charge in [0.1, 0.15) is 5.01 Å². The summed E-state index contributed by atoms with van der Waals surface area (Å²) in [5, 5.41) is 3.19. The van der Waals surface area contributed by atoms with Crippen molar-refractivity contribution in [3.05, 3.63) is 16.1 Å². The van der Waals surface area contributed by atoms with Crippen LogP contribution in [-0.4, -0.2) is 46.9 Å². The van der Waals surface area contributed by atoms with Crippen LogP contribution in [0.5, 0.6) is 0 Å². The number of aromatic nitrogens is 1. The number of hydrogen-bond acceptors (Lipinski definition) is 4. The Hall–Kier alpha value is -0.650. The van der Waals surface area contributed by atoms with E-state index in [9.17, 15) is 4.79 Å². The Labute approximate surface area is 123 Å². The number of piperazine rings is 1. The molecular weight excluding hydrogens is 282 g/mol. The summed E-state index contributed by atoms with van der Waals surface area (Å²) in [6.07, 6.45) is 1.04. The van der Waals surface area contributed by atoms with Gasteiger partial charge in [-0.05, 0) is 6.42 Å². The monoisotopic (exact) mass is 301 g/mol. The summed E-state index contributed by atoms with van der Waals surface area (Å²) in [5.41, 5.74) is 0.961. The summed E-state index contributed by atoms with van der Waals surface area (Å²) in [5.74, 6) is 0.650. The second-order valence-corrected chi connectivity index (χ2v) is 5.93. The van der Waals surface area contributed by atoms with Crippen molar-refractivity contribution in [1.82, 2.24) is 14.8 Å². The number of amides is 1. The zero-order chi connectivity index (χ0) is 13.8. The fourth-order valence-corrected chi connectivity index (χ4v) is 3.74. The molecule has 0 spiro atoms. The molecule has 0 aromatic carbocycles. The first kappa shape index (κ1) is 14.8. The maximum atomic E-state index is 11.3. The van der Waals surface area contributed by atoms with Gasteiger partial charge in [-0.3, -0.25) is 9.69 Å². The van der Waals surface area contributed by atoms with E-state index < -0.39 is 0 Å². The fourth-order valence-electron chi connectivity index (χ4n) is 2.47. The van der Waals surface area contributed by atoms with Crippen LogP contribution in [0.2, 0.25) is 0 Å². The van der Waals surface area contributed by atoms with Gasteiger partial charge >= 0.3 is 0 Å². The minimum Gasteiger partial charge on any atom is -0.340 e. The number of rotatable bonds is 4. The lowest BCUT2D eigenvalue weighted by atomic mass is 10.1. The summed E-state index contributed by atoms with van der Waals surface area (Å²) < 4.78 is 0. The van der Waals surface area contributed by atoms with E-state index in [0.29, 0.717) is 11.9 Å². The molecule has 1 atom stereocenters. The molecule has 1 amide bonds. The van der Waals surface area contributed by atoms with Crippen LogP contribution >= 0.6 is 22.9 Å². The predicted molar refractivity (Wildman–Crippen MR) is 78.5 cm³/mol. The summed E-state index contributed by atoms with van der Waals surface area (Å²) in [4.78, 5) is 20.3. The third-order valence-electron chi connectivity index (χ3n) is 3.58. The molecule has 1 fully saturated rings. The summed E-state index contributed by atoms with van der Waals surface area (Å²) in [6.45, 7) is 7.31. The van der Waals surface area contributed by atoms with E-state index in [4.69, 9.17) is 11.6 Å². The molecule has 2 heterocycles. The zero-order valence-corrected chi connectivity index (χ0v) is 13.0. The first-order valence-electron chi connectivity index (χ1n) is 6.65. The molecule has 6 heteroatoms. The molecule has 1 aromatic heterocycles. The Morgan fingerprint density at radius 2 is 2.16 bits per heavy atom. The van der Waals surface area contributed by atoms with Gasteiger partial charge in [0.2, 0.25) is 5.91 Å². The van der Waals surface area contributed by atoms with E-state index >= 15 is 0 Å². The van der Waals surface area contributed by atoms with Crippen LogP contribution in [0.4, 0.5) is 0 Å². The number of hydrogen-bond donors (Lipinski definition) is 0. The molecule has 0 radical (unpaired) electrons. The Balaban J connectivity index is 2.01. The number of alkyl halides is 1. The average molecular weight is 302 g/mol. The number of carbonyl (C=O) groups is 1. The van der Waals surface area contributed by atoms with Crippen LogP contribution in [0.25, 0.3) is 0 Å². The quantitative estimate of drug-likeness (QED) is 0.802. The number of halogens is 1. The number of carbonyl (C=O) groups excluding carboxylic acids is 1. The smallest absolute Gasteiger partial charge is 0.219 e. The van der Waals surface area contributed by atoms with Gasteiger partial charge in [-0.1, -0.05) is 6.92 Å². The summed E-state index contributed by atoms with van der Waals surface area (Å²) in [7, 11) is 0. The lowest BCUT2D eigenvalue weighted by Crippen LogP contribution is -2.49. The average Bonchev–Trinajstić information content (AvgIpc) is 2.89. The topological polar surface area (TPSA) is 36.4 Å². The van der Waals surface area contributed by atoms with Crippen molar-refractivity contribution in [1.29, 1.82) is 0 Å². The Bertz CT molecular complexity index is 429. The molecule has 1 aliphatic rings. The van der Waals surface area contributed by atoms with Crippen molar-refractivity contribution in [2.45, 2.75) is 32.2 Å². The van der Waals surface area contributed by atoms with Crippen LogP contribution in [0.15, 0.2) is 5.38 Å². The van der Waals surface area contributed by atoms with Crippen molar-refractivity contribution < 1.29 is 4.79 Å². The van der Waals surface area contributed by atoms with Crippen molar-refractivity contribution in [2.75, 3.05) is 26.2 Å². The zero-order valence-electron chi connectivity index (χ0n) is 11.4. The first-order valence-corrected chi connectivity index (χ1v) is 8.07. The van der Waals surface area contributed by atoms with Crippen molar-refractivity contribution >= 4 is 28.8 Å². The molecule has 2 rings (SSSR count). The second-order valence-electron chi connectivity index (χ2n) is 4.78. The molecule has 19 heavy (non-hydrogen) atoms. The van der Waals surface area contributed by atoms with Crippen LogP contribution in [0.3, 0.4) is 0 Å². The molecule has 4 nitrogen and oxygen atoms in total. The van der Waals surface area contributed by atoms with Gasteiger partial charge in [-0.25, -0.2) is 4.98 Å². The second kappa shape index (κ2) is 6.68. The van der Waals surface area contributed by atoms with Gasteiger partial charge in [0.15, 0.2) is 0 Å². The van der Waals surface area contributed by atoms with Crippen LogP contribution < -0.4 is 0 Å². The van der Waals surface area contributed by atoms with Crippen molar-refractivity contribution in [3.63, 3.8) is 0 Å². The molecule has 0 aliphatic carbocycles. The van der Waals surface area contributed by atoms with E-state index in [2.05, 4.69) is 16.8 Å². The highest BCUT2D eigenvalue weighted by Crippen LogP contribution is 2.28. The highest BCUT2D eigenvalue weighted by atomic mass is 35.5. The van der Waals surface area contributed by atoms with E-state index in [0.717, 1.165) is 43.3 Å². The van der Waals surface area contributed by atoms with E-state index in [-0.39, 0.29) is 5.91 Å². The van der Waals surface area contributed by atoms with Gasteiger partial charge < -0.3 is 4.90 Å². The lowest BCUT2D eigenvalue weighted by Gasteiger charge is -2.38. The predicted octanol–water partition coefficient (Wildman–Crippen LogP) is 2.50. The largest absolute Gasteiger partial charge is 0.340 e. The normalized spacial score (nSPS) is 18.6. The van der Waals surface area contributed by atoms with Gasteiger partial charge in [0, 0.05) is 38.5 Å². The van der Waals surface area contributed by atoms with Gasteiger partial charge in [0.25, 0.3) is 0 Å². The first-order chi connectivity index (χ1) is 9.15. The third-order valence-corrected chi connectivity index (χ3v) is 4.85. The van der Waals surface area contributed by atoms with Gasteiger partial charge in [-0.15, -0.1) is 22.9 Å². The Morgan fingerprint density at radius 3 is 2.63 bits per heavy atom. The van der Waals surface area contributed by atoms with Crippen LogP contribution in [0, 0.1) is 0 Å². The number of thiazole rings is 1. The van der Waals surface area contributed by atoms with E-state index in [1.165, 1.54) is 0 Å². The molecule has 1 aliphatic heterocycles. The van der Waals surface area contributed by atoms with Crippen molar-refractivity contribution in [3.8, 4) is 0 Å². The summed E-state index contributed by atoms with van der Waals surface area (Å²) in [6, 6.07) is 0.357. The Morgan fingerprint density at radius 1 is 1.47 bits per heavy atom. The van der Waals surface area contributed by atoms with Gasteiger partial charge in [0.05, 0.1) is 17.6 Å². The molecule has 106 valence electrons. The highest BCUT2D eigenvalue weighted by molar-refractivity contribution is 7.09. The number of nitrogens with zero attached hydrogens (tertiary/aromatic N) is 3. The van der Waals surface area contributed by atoms with Crippen LogP contribution in [0.1, 0.15) is 37.0 Å². The maximum absolute atomic E-state index is 11.3. The standard InChI is InChI=1S/C13H20ClN3OS/c1-3-12(13-15-11(8-14)9-19-13)17-6-4-16(5-7-17)10(2)18/h9,12H,3-8H2,1-2H3. The van der Waals surface area contributed by atoms with Crippen molar-refractivity contribution in [2.24, 2.45) is 0 Å². The highest BCUT2D eigenvalue weighted by Gasteiger charge is 2.26. The summed E-state index contributed by atoms with van der Waals surface area (Å²) >= 11 is 7.50. The molecule has 1 unspecified atom stereocenters. The minimum atomic E-state index is 0.173.